The van der Waals surface area contributed by atoms with Gasteiger partial charge in [-0.3, -0.25) is 0 Å². The molecule has 0 bridgehead atoms. The summed E-state index contributed by atoms with van der Waals surface area (Å²) in [7, 11) is 0. The first-order valence-corrected chi connectivity index (χ1v) is 4.64. The van der Waals surface area contributed by atoms with E-state index in [1.165, 1.54) is 6.42 Å². The molecule has 2 saturated carbocycles. The lowest BCUT2D eigenvalue weighted by molar-refractivity contribution is 0.0221. The maximum Gasteiger partial charge on any atom is 0.0548 e. The van der Waals surface area contributed by atoms with Gasteiger partial charge >= 0.3 is 0 Å². The number of aliphatic hydroxyl groups excluding tert-OH is 1. The van der Waals surface area contributed by atoms with E-state index in [0.717, 1.165) is 18.8 Å². The van der Waals surface area contributed by atoms with Crippen molar-refractivity contribution >= 4 is 0 Å². The van der Waals surface area contributed by atoms with Crippen molar-refractivity contribution in [3.05, 3.63) is 0 Å². The Morgan fingerprint density at radius 1 is 1.18 bits per heavy atom. The lowest BCUT2D eigenvalue weighted by Gasteiger charge is -2.39. The maximum atomic E-state index is 9.56. The summed E-state index contributed by atoms with van der Waals surface area (Å²) in [5, 5.41) is 9.56. The Kier molecular flexibility index (Phi) is 1.26. The molecule has 0 heterocycles. The van der Waals surface area contributed by atoms with E-state index in [2.05, 4.69) is 20.8 Å². The molecule has 3 atom stereocenters. The fourth-order valence-electron chi connectivity index (χ4n) is 2.86. The summed E-state index contributed by atoms with van der Waals surface area (Å²) in [6.07, 6.45) is 3.38. The van der Waals surface area contributed by atoms with Crippen LogP contribution in [-0.4, -0.2) is 11.2 Å². The second kappa shape index (κ2) is 1.82. The molecule has 0 radical (unpaired) electrons. The van der Waals surface area contributed by atoms with Gasteiger partial charge in [0.2, 0.25) is 0 Å². The van der Waals surface area contributed by atoms with E-state index in [0.29, 0.717) is 10.8 Å². The van der Waals surface area contributed by atoms with Crippen LogP contribution in [0.2, 0.25) is 0 Å². The van der Waals surface area contributed by atoms with Crippen LogP contribution >= 0.6 is 0 Å². The summed E-state index contributed by atoms with van der Waals surface area (Å²) >= 11 is 0. The van der Waals surface area contributed by atoms with Gasteiger partial charge in [-0.05, 0) is 36.0 Å². The van der Waals surface area contributed by atoms with Crippen LogP contribution in [0.25, 0.3) is 0 Å². The summed E-state index contributed by atoms with van der Waals surface area (Å²) in [5.74, 6) is 0.821. The van der Waals surface area contributed by atoms with Gasteiger partial charge in [0, 0.05) is 0 Å². The second-order valence-corrected chi connectivity index (χ2v) is 5.30. The molecule has 2 rings (SSSR count). The van der Waals surface area contributed by atoms with Crippen molar-refractivity contribution in [3.63, 3.8) is 0 Å². The van der Waals surface area contributed by atoms with E-state index in [4.69, 9.17) is 0 Å². The van der Waals surface area contributed by atoms with Gasteiger partial charge in [-0.2, -0.15) is 0 Å². The summed E-state index contributed by atoms with van der Waals surface area (Å²) in [5.41, 5.74) is 0.932. The number of hydrogen-bond acceptors (Lipinski definition) is 1. The summed E-state index contributed by atoms with van der Waals surface area (Å²) in [6.45, 7) is 6.98. The van der Waals surface area contributed by atoms with Crippen LogP contribution < -0.4 is 0 Å². The van der Waals surface area contributed by atoms with E-state index in [-0.39, 0.29) is 6.10 Å². The van der Waals surface area contributed by atoms with Gasteiger partial charge in [0.25, 0.3) is 0 Å². The number of hydrogen-bond donors (Lipinski definition) is 1. The van der Waals surface area contributed by atoms with Gasteiger partial charge in [0.15, 0.2) is 0 Å². The van der Waals surface area contributed by atoms with Gasteiger partial charge < -0.3 is 5.11 Å². The summed E-state index contributed by atoms with van der Waals surface area (Å²) in [6, 6.07) is 0. The SMILES string of the molecule is CC1(C)CC(O)CC2CC21C. The zero-order valence-corrected chi connectivity index (χ0v) is 7.72. The molecule has 2 aliphatic rings. The Bertz CT molecular complexity index is 185. The third-order valence-electron chi connectivity index (χ3n) is 4.26. The molecule has 2 aliphatic carbocycles. The average molecular weight is 154 g/mol. The van der Waals surface area contributed by atoms with Crippen molar-refractivity contribution in [2.24, 2.45) is 16.7 Å². The number of rotatable bonds is 0. The highest BCUT2D eigenvalue weighted by molar-refractivity contribution is 5.11. The minimum absolute atomic E-state index is 0.0226. The predicted octanol–water partition coefficient (Wildman–Crippen LogP) is 2.19. The highest BCUT2D eigenvalue weighted by Gasteiger charge is 2.62. The Morgan fingerprint density at radius 3 is 2.36 bits per heavy atom. The zero-order chi connectivity index (χ0) is 8.28. The van der Waals surface area contributed by atoms with Crippen LogP contribution in [0.15, 0.2) is 0 Å². The van der Waals surface area contributed by atoms with Gasteiger partial charge in [-0.1, -0.05) is 20.8 Å². The molecule has 0 aliphatic heterocycles. The monoisotopic (exact) mass is 154 g/mol. The van der Waals surface area contributed by atoms with Gasteiger partial charge in [-0.25, -0.2) is 0 Å². The average Bonchev–Trinajstić information content (AvgIpc) is 2.39. The molecule has 1 heteroatoms. The molecule has 0 aromatic heterocycles. The zero-order valence-electron chi connectivity index (χ0n) is 7.72. The van der Waals surface area contributed by atoms with E-state index in [9.17, 15) is 5.11 Å². The van der Waals surface area contributed by atoms with Gasteiger partial charge in [0.1, 0.15) is 0 Å². The van der Waals surface area contributed by atoms with E-state index in [1.807, 2.05) is 0 Å². The Labute approximate surface area is 68.8 Å². The van der Waals surface area contributed by atoms with Crippen molar-refractivity contribution in [2.75, 3.05) is 0 Å². The molecule has 0 saturated heterocycles. The second-order valence-electron chi connectivity index (χ2n) is 5.30. The fourth-order valence-corrected chi connectivity index (χ4v) is 2.86. The van der Waals surface area contributed by atoms with Crippen LogP contribution in [0.4, 0.5) is 0 Å². The first-order valence-electron chi connectivity index (χ1n) is 4.64. The highest BCUT2D eigenvalue weighted by Crippen LogP contribution is 2.69. The molecule has 0 amide bonds. The van der Waals surface area contributed by atoms with Crippen molar-refractivity contribution < 1.29 is 5.11 Å². The first-order chi connectivity index (χ1) is 4.96. The molecule has 0 aromatic rings. The van der Waals surface area contributed by atoms with Crippen LogP contribution in [0.3, 0.4) is 0 Å². The third-order valence-corrected chi connectivity index (χ3v) is 4.26. The largest absolute Gasteiger partial charge is 0.393 e. The van der Waals surface area contributed by atoms with Gasteiger partial charge in [0.05, 0.1) is 6.10 Å². The normalized spacial score (nSPS) is 53.5. The number of aliphatic hydroxyl groups is 1. The lowest BCUT2D eigenvalue weighted by Crippen LogP contribution is -2.34. The molecule has 1 N–H and O–H groups in total. The Hall–Kier alpha value is -0.0400. The topological polar surface area (TPSA) is 20.2 Å². The molecule has 1 nitrogen and oxygen atoms in total. The van der Waals surface area contributed by atoms with Gasteiger partial charge in [-0.15, -0.1) is 0 Å². The number of fused-ring (bicyclic) bond motifs is 1. The molecule has 3 unspecified atom stereocenters. The lowest BCUT2D eigenvalue weighted by atomic mass is 9.67. The highest BCUT2D eigenvalue weighted by atomic mass is 16.3. The summed E-state index contributed by atoms with van der Waals surface area (Å²) < 4.78 is 0. The molecular weight excluding hydrogens is 136 g/mol. The van der Waals surface area contributed by atoms with Crippen molar-refractivity contribution in [2.45, 2.75) is 46.1 Å². The Balaban J connectivity index is 2.20. The third kappa shape index (κ3) is 0.868. The summed E-state index contributed by atoms with van der Waals surface area (Å²) in [4.78, 5) is 0. The van der Waals surface area contributed by atoms with E-state index in [1.54, 1.807) is 0 Å². The van der Waals surface area contributed by atoms with Crippen molar-refractivity contribution in [1.82, 2.24) is 0 Å². The fraction of sp³-hybridized carbons (Fsp3) is 1.00. The molecule has 0 aromatic carbocycles. The minimum atomic E-state index is -0.0226. The molecule has 2 fully saturated rings. The standard InChI is InChI=1S/C10H18O/c1-9(2)6-8(11)4-7-5-10(7,9)3/h7-8,11H,4-6H2,1-3H3. The first kappa shape index (κ1) is 7.60. The quantitative estimate of drug-likeness (QED) is 0.567. The van der Waals surface area contributed by atoms with Crippen molar-refractivity contribution in [1.29, 1.82) is 0 Å². The Morgan fingerprint density at radius 2 is 1.82 bits per heavy atom. The van der Waals surface area contributed by atoms with Crippen LogP contribution in [-0.2, 0) is 0 Å². The van der Waals surface area contributed by atoms with Crippen molar-refractivity contribution in [3.8, 4) is 0 Å². The smallest absolute Gasteiger partial charge is 0.0548 e. The predicted molar refractivity (Wildman–Crippen MR) is 45.2 cm³/mol. The minimum Gasteiger partial charge on any atom is -0.393 e. The van der Waals surface area contributed by atoms with Crippen LogP contribution in [0.5, 0.6) is 0 Å². The van der Waals surface area contributed by atoms with Crippen LogP contribution in [0.1, 0.15) is 40.0 Å². The molecular formula is C10H18O. The van der Waals surface area contributed by atoms with E-state index >= 15 is 0 Å². The molecule has 0 spiro atoms. The van der Waals surface area contributed by atoms with E-state index < -0.39 is 0 Å². The molecule has 11 heavy (non-hydrogen) atoms. The molecule has 64 valence electrons. The maximum absolute atomic E-state index is 9.56. The van der Waals surface area contributed by atoms with Crippen LogP contribution in [0, 0.1) is 16.7 Å².